The van der Waals surface area contributed by atoms with Gasteiger partial charge in [-0.05, 0) is 43.4 Å². The minimum atomic E-state index is 0.580. The average Bonchev–Trinajstić information content (AvgIpc) is 2.46. The highest BCUT2D eigenvalue weighted by Gasteiger charge is 2.19. The van der Waals surface area contributed by atoms with Crippen LogP contribution in [0.2, 0.25) is 0 Å². The number of benzene rings is 1. The van der Waals surface area contributed by atoms with E-state index in [1.807, 2.05) is 18.2 Å². The van der Waals surface area contributed by atoms with Crippen LogP contribution in [-0.4, -0.2) is 6.04 Å². The van der Waals surface area contributed by atoms with Gasteiger partial charge in [-0.2, -0.15) is 5.26 Å². The molecule has 0 unspecified atom stereocenters. The van der Waals surface area contributed by atoms with Gasteiger partial charge in [0.2, 0.25) is 0 Å². The maximum Gasteiger partial charge on any atom is 0.0991 e. The lowest BCUT2D eigenvalue weighted by Crippen LogP contribution is -2.34. The van der Waals surface area contributed by atoms with E-state index in [0.717, 1.165) is 18.0 Å². The van der Waals surface area contributed by atoms with E-state index in [4.69, 9.17) is 5.26 Å². The van der Waals surface area contributed by atoms with Gasteiger partial charge in [-0.1, -0.05) is 31.4 Å². The van der Waals surface area contributed by atoms with Crippen LogP contribution in [0.15, 0.2) is 24.3 Å². The molecule has 1 aromatic rings. The lowest BCUT2D eigenvalue weighted by Gasteiger charge is -2.28. The summed E-state index contributed by atoms with van der Waals surface area (Å²) < 4.78 is 0. The first-order valence-corrected chi connectivity index (χ1v) is 7.02. The minimum Gasteiger partial charge on any atom is -0.310 e. The fraction of sp³-hybridized carbons (Fsp3) is 0.562. The maximum absolute atomic E-state index is 8.87. The Hall–Kier alpha value is -1.33. The first-order valence-electron chi connectivity index (χ1n) is 7.02. The summed E-state index contributed by atoms with van der Waals surface area (Å²) in [5, 5.41) is 12.5. The Labute approximate surface area is 110 Å². The number of nitriles is 1. The summed E-state index contributed by atoms with van der Waals surface area (Å²) >= 11 is 0. The molecule has 0 bridgehead atoms. The van der Waals surface area contributed by atoms with E-state index in [1.54, 1.807) is 0 Å². The highest BCUT2D eigenvalue weighted by atomic mass is 14.9. The fourth-order valence-corrected chi connectivity index (χ4v) is 2.83. The number of hydrogen-bond acceptors (Lipinski definition) is 2. The van der Waals surface area contributed by atoms with Gasteiger partial charge in [0, 0.05) is 12.6 Å². The summed E-state index contributed by atoms with van der Waals surface area (Å²) in [6, 6.07) is 10.6. The summed E-state index contributed by atoms with van der Waals surface area (Å²) in [6.45, 7) is 3.16. The van der Waals surface area contributed by atoms with E-state index < -0.39 is 0 Å². The molecule has 2 nitrogen and oxygen atoms in total. The van der Waals surface area contributed by atoms with Gasteiger partial charge in [0.1, 0.15) is 0 Å². The molecule has 0 heterocycles. The van der Waals surface area contributed by atoms with Gasteiger partial charge < -0.3 is 5.32 Å². The molecule has 0 radical (unpaired) electrons. The Balaban J connectivity index is 1.84. The van der Waals surface area contributed by atoms with Crippen LogP contribution in [0.4, 0.5) is 0 Å². The maximum atomic E-state index is 8.87. The molecule has 1 atom stereocenters. The van der Waals surface area contributed by atoms with Gasteiger partial charge in [-0.15, -0.1) is 0 Å². The van der Waals surface area contributed by atoms with Gasteiger partial charge in [0.25, 0.3) is 0 Å². The van der Waals surface area contributed by atoms with Crippen molar-refractivity contribution in [2.24, 2.45) is 5.92 Å². The molecule has 0 saturated heterocycles. The smallest absolute Gasteiger partial charge is 0.0991 e. The highest BCUT2D eigenvalue weighted by Crippen LogP contribution is 2.26. The number of hydrogen-bond donors (Lipinski definition) is 1. The first kappa shape index (κ1) is 13.1. The largest absolute Gasteiger partial charge is 0.310 e. The molecule has 1 aliphatic rings. The molecule has 18 heavy (non-hydrogen) atoms. The Kier molecular flexibility index (Phi) is 4.78. The lowest BCUT2D eigenvalue weighted by molar-refractivity contribution is 0.280. The van der Waals surface area contributed by atoms with Crippen LogP contribution in [0.3, 0.4) is 0 Å². The third kappa shape index (κ3) is 3.58. The average molecular weight is 242 g/mol. The SMILES string of the molecule is C[C@H](NCc1cccc(C#N)c1)C1CCCCC1. The second-order valence-electron chi connectivity index (χ2n) is 5.38. The predicted octanol–water partition coefficient (Wildman–Crippen LogP) is 3.62. The lowest BCUT2D eigenvalue weighted by atomic mass is 9.84. The molecular formula is C16H22N2. The molecule has 1 saturated carbocycles. The summed E-state index contributed by atoms with van der Waals surface area (Å²) in [6.07, 6.45) is 6.92. The van der Waals surface area contributed by atoms with Gasteiger partial charge in [-0.25, -0.2) is 0 Å². The molecule has 0 aromatic heterocycles. The standard InChI is InChI=1S/C16H22N2/c1-13(16-8-3-2-4-9-16)18-12-15-7-5-6-14(10-15)11-17/h5-7,10,13,16,18H,2-4,8-9,12H2,1H3/t13-/m0/s1. The fourth-order valence-electron chi connectivity index (χ4n) is 2.83. The van der Waals surface area contributed by atoms with Crippen molar-refractivity contribution in [3.8, 4) is 6.07 Å². The second-order valence-corrected chi connectivity index (χ2v) is 5.38. The van der Waals surface area contributed by atoms with Crippen molar-refractivity contribution >= 4 is 0 Å². The molecule has 2 rings (SSSR count). The van der Waals surface area contributed by atoms with Crippen LogP contribution < -0.4 is 5.32 Å². The third-order valence-corrected chi connectivity index (χ3v) is 4.04. The Morgan fingerprint density at radius 3 is 2.83 bits per heavy atom. The molecule has 1 fully saturated rings. The van der Waals surface area contributed by atoms with Crippen LogP contribution in [-0.2, 0) is 6.54 Å². The summed E-state index contributed by atoms with van der Waals surface area (Å²) in [5.41, 5.74) is 1.95. The Morgan fingerprint density at radius 1 is 1.33 bits per heavy atom. The van der Waals surface area contributed by atoms with Gasteiger partial charge in [-0.3, -0.25) is 0 Å². The van der Waals surface area contributed by atoms with Crippen LogP contribution in [0.5, 0.6) is 0 Å². The molecule has 1 aromatic carbocycles. The van der Waals surface area contributed by atoms with Crippen LogP contribution in [0, 0.1) is 17.2 Å². The first-order chi connectivity index (χ1) is 8.79. The Bertz CT molecular complexity index is 413. The van der Waals surface area contributed by atoms with Crippen molar-refractivity contribution in [2.75, 3.05) is 0 Å². The topological polar surface area (TPSA) is 35.8 Å². The molecular weight excluding hydrogens is 220 g/mol. The van der Waals surface area contributed by atoms with E-state index in [-0.39, 0.29) is 0 Å². The molecule has 1 N–H and O–H groups in total. The summed E-state index contributed by atoms with van der Waals surface area (Å²) in [4.78, 5) is 0. The minimum absolute atomic E-state index is 0.580. The van der Waals surface area contributed by atoms with Gasteiger partial charge in [0.15, 0.2) is 0 Å². The molecule has 0 aliphatic heterocycles. The second kappa shape index (κ2) is 6.56. The summed E-state index contributed by atoms with van der Waals surface area (Å²) in [5.74, 6) is 0.831. The van der Waals surface area contributed by atoms with E-state index in [1.165, 1.54) is 37.7 Å². The van der Waals surface area contributed by atoms with Crippen LogP contribution in [0.1, 0.15) is 50.2 Å². The molecule has 0 amide bonds. The highest BCUT2D eigenvalue weighted by molar-refractivity contribution is 5.32. The number of nitrogens with one attached hydrogen (secondary N) is 1. The van der Waals surface area contributed by atoms with Crippen molar-refractivity contribution < 1.29 is 0 Å². The van der Waals surface area contributed by atoms with Gasteiger partial charge in [0.05, 0.1) is 11.6 Å². The van der Waals surface area contributed by atoms with E-state index in [2.05, 4.69) is 24.4 Å². The number of nitrogens with zero attached hydrogens (tertiary/aromatic N) is 1. The molecule has 96 valence electrons. The number of rotatable bonds is 4. The van der Waals surface area contributed by atoms with Gasteiger partial charge >= 0.3 is 0 Å². The summed E-state index contributed by atoms with van der Waals surface area (Å²) in [7, 11) is 0. The zero-order valence-electron chi connectivity index (χ0n) is 11.2. The zero-order valence-corrected chi connectivity index (χ0v) is 11.2. The zero-order chi connectivity index (χ0) is 12.8. The van der Waals surface area contributed by atoms with Crippen molar-refractivity contribution in [2.45, 2.75) is 51.6 Å². The van der Waals surface area contributed by atoms with Crippen LogP contribution >= 0.6 is 0 Å². The molecule has 1 aliphatic carbocycles. The van der Waals surface area contributed by atoms with Crippen molar-refractivity contribution in [3.05, 3.63) is 35.4 Å². The normalized spacial score (nSPS) is 18.2. The Morgan fingerprint density at radius 2 is 2.11 bits per heavy atom. The third-order valence-electron chi connectivity index (χ3n) is 4.04. The monoisotopic (exact) mass is 242 g/mol. The van der Waals surface area contributed by atoms with Crippen LogP contribution in [0.25, 0.3) is 0 Å². The molecule has 0 spiro atoms. The van der Waals surface area contributed by atoms with E-state index >= 15 is 0 Å². The van der Waals surface area contributed by atoms with E-state index in [0.29, 0.717) is 6.04 Å². The van der Waals surface area contributed by atoms with Crippen molar-refractivity contribution in [1.29, 1.82) is 5.26 Å². The molecule has 2 heteroatoms. The van der Waals surface area contributed by atoms with Crippen molar-refractivity contribution in [3.63, 3.8) is 0 Å². The quantitative estimate of drug-likeness (QED) is 0.875. The predicted molar refractivity (Wildman–Crippen MR) is 74.0 cm³/mol. The van der Waals surface area contributed by atoms with Crippen molar-refractivity contribution in [1.82, 2.24) is 5.32 Å². The van der Waals surface area contributed by atoms with E-state index in [9.17, 15) is 0 Å².